The van der Waals surface area contributed by atoms with Gasteiger partial charge in [0.2, 0.25) is 0 Å². The van der Waals surface area contributed by atoms with Crippen molar-refractivity contribution < 1.29 is 24.0 Å². The molecule has 0 bridgehead atoms. The van der Waals surface area contributed by atoms with Gasteiger partial charge in [0, 0.05) is 19.8 Å². The maximum Gasteiger partial charge on any atom is 0.272 e. The molecule has 0 aliphatic rings. The minimum absolute atomic E-state index is 0.156. The molecule has 1 aromatic rings. The highest BCUT2D eigenvalue weighted by atomic mass is 19.1. The van der Waals surface area contributed by atoms with E-state index in [0.717, 1.165) is 12.1 Å². The standard InChI is InChI=1S/C12H15FN2O5/c1-20-7-8(4-5-16)14-12(17)10-3-2-9(15(18)19)6-11(10)13/h2-3,6,8,16H,4-5,7H2,1H3,(H,14,17). The highest BCUT2D eigenvalue weighted by Gasteiger charge is 2.19. The van der Waals surface area contributed by atoms with E-state index in [-0.39, 0.29) is 25.2 Å². The molecule has 0 aliphatic carbocycles. The summed E-state index contributed by atoms with van der Waals surface area (Å²) in [4.78, 5) is 21.6. The minimum Gasteiger partial charge on any atom is -0.396 e. The van der Waals surface area contributed by atoms with E-state index in [0.29, 0.717) is 6.07 Å². The number of aliphatic hydroxyl groups is 1. The van der Waals surface area contributed by atoms with Crippen LogP contribution in [0, 0.1) is 15.9 Å². The molecule has 0 saturated heterocycles. The summed E-state index contributed by atoms with van der Waals surface area (Å²) < 4.78 is 18.5. The molecule has 0 fully saturated rings. The Kier molecular flexibility index (Phi) is 6.01. The average molecular weight is 286 g/mol. The van der Waals surface area contributed by atoms with Gasteiger partial charge in [-0.15, -0.1) is 0 Å². The number of non-ortho nitro benzene ring substituents is 1. The lowest BCUT2D eigenvalue weighted by Crippen LogP contribution is -2.39. The van der Waals surface area contributed by atoms with Crippen LogP contribution in [0.4, 0.5) is 10.1 Å². The Bertz CT molecular complexity index is 489. The molecule has 20 heavy (non-hydrogen) atoms. The predicted molar refractivity (Wildman–Crippen MR) is 67.9 cm³/mol. The molecule has 1 aromatic carbocycles. The number of halogens is 1. The second-order valence-electron chi connectivity index (χ2n) is 4.06. The fourth-order valence-corrected chi connectivity index (χ4v) is 1.62. The molecule has 1 amide bonds. The zero-order valence-corrected chi connectivity index (χ0v) is 10.8. The first kappa shape index (κ1) is 16.0. The van der Waals surface area contributed by atoms with E-state index in [1.807, 2.05) is 0 Å². The lowest BCUT2D eigenvalue weighted by Gasteiger charge is -2.16. The first-order valence-electron chi connectivity index (χ1n) is 5.84. The monoisotopic (exact) mass is 286 g/mol. The molecule has 0 heterocycles. The summed E-state index contributed by atoms with van der Waals surface area (Å²) in [5, 5.41) is 21.8. The highest BCUT2D eigenvalue weighted by Crippen LogP contribution is 2.16. The molecule has 0 aromatic heterocycles. The number of benzene rings is 1. The molecule has 110 valence electrons. The molecule has 2 N–H and O–H groups in total. The van der Waals surface area contributed by atoms with E-state index < -0.39 is 28.4 Å². The third-order valence-electron chi connectivity index (χ3n) is 2.59. The Balaban J connectivity index is 2.83. The number of carbonyl (C=O) groups excluding carboxylic acids is 1. The molecule has 0 radical (unpaired) electrons. The maximum absolute atomic E-state index is 13.6. The van der Waals surface area contributed by atoms with Crippen molar-refractivity contribution in [2.45, 2.75) is 12.5 Å². The zero-order chi connectivity index (χ0) is 15.1. The van der Waals surface area contributed by atoms with Crippen LogP contribution in [-0.2, 0) is 4.74 Å². The first-order valence-corrected chi connectivity index (χ1v) is 5.84. The predicted octanol–water partition coefficient (Wildman–Crippen LogP) is 0.861. The normalized spacial score (nSPS) is 11.9. The molecule has 7 nitrogen and oxygen atoms in total. The van der Waals surface area contributed by atoms with Crippen molar-refractivity contribution in [2.75, 3.05) is 20.3 Å². The third kappa shape index (κ3) is 4.25. The van der Waals surface area contributed by atoms with Crippen molar-refractivity contribution >= 4 is 11.6 Å². The Labute approximate surface area is 114 Å². The second-order valence-corrected chi connectivity index (χ2v) is 4.06. The van der Waals surface area contributed by atoms with Crippen LogP contribution in [0.2, 0.25) is 0 Å². The summed E-state index contributed by atoms with van der Waals surface area (Å²) in [6.07, 6.45) is 0.258. The number of hydrogen-bond donors (Lipinski definition) is 2. The van der Waals surface area contributed by atoms with Crippen LogP contribution in [0.3, 0.4) is 0 Å². The van der Waals surface area contributed by atoms with E-state index >= 15 is 0 Å². The summed E-state index contributed by atoms with van der Waals surface area (Å²) in [5.41, 5.74) is -0.725. The molecule has 0 saturated carbocycles. The zero-order valence-electron chi connectivity index (χ0n) is 10.8. The number of nitro groups is 1. The van der Waals surface area contributed by atoms with Gasteiger partial charge in [0.25, 0.3) is 11.6 Å². The number of amides is 1. The number of nitro benzene ring substituents is 1. The largest absolute Gasteiger partial charge is 0.396 e. The lowest BCUT2D eigenvalue weighted by atomic mass is 10.1. The highest BCUT2D eigenvalue weighted by molar-refractivity contribution is 5.94. The SMILES string of the molecule is COCC(CCO)NC(=O)c1ccc([N+](=O)[O-])cc1F. The van der Waals surface area contributed by atoms with E-state index in [4.69, 9.17) is 9.84 Å². The number of nitrogens with zero attached hydrogens (tertiary/aromatic N) is 1. The van der Waals surface area contributed by atoms with E-state index in [1.165, 1.54) is 7.11 Å². The second kappa shape index (κ2) is 7.51. The number of hydrogen-bond acceptors (Lipinski definition) is 5. The van der Waals surface area contributed by atoms with Crippen LogP contribution in [0.25, 0.3) is 0 Å². The number of ether oxygens (including phenoxy) is 1. The van der Waals surface area contributed by atoms with Gasteiger partial charge in [0.15, 0.2) is 0 Å². The van der Waals surface area contributed by atoms with Crippen LogP contribution in [0.5, 0.6) is 0 Å². The van der Waals surface area contributed by atoms with Crippen LogP contribution in [0.15, 0.2) is 18.2 Å². The Morgan fingerprint density at radius 2 is 2.30 bits per heavy atom. The molecule has 8 heteroatoms. The number of aliphatic hydroxyl groups excluding tert-OH is 1. The van der Waals surface area contributed by atoms with E-state index in [9.17, 15) is 19.3 Å². The van der Waals surface area contributed by atoms with Crippen molar-refractivity contribution in [3.63, 3.8) is 0 Å². The third-order valence-corrected chi connectivity index (χ3v) is 2.59. The quantitative estimate of drug-likeness (QED) is 0.572. The van der Waals surface area contributed by atoms with Gasteiger partial charge in [-0.1, -0.05) is 0 Å². The molecule has 1 rings (SSSR count). The van der Waals surface area contributed by atoms with Crippen molar-refractivity contribution in [3.8, 4) is 0 Å². The summed E-state index contributed by atoms with van der Waals surface area (Å²) >= 11 is 0. The lowest BCUT2D eigenvalue weighted by molar-refractivity contribution is -0.385. The topological polar surface area (TPSA) is 102 Å². The first-order chi connectivity index (χ1) is 9.49. The van der Waals surface area contributed by atoms with E-state index in [1.54, 1.807) is 0 Å². The van der Waals surface area contributed by atoms with Gasteiger partial charge < -0.3 is 15.2 Å². The summed E-state index contributed by atoms with van der Waals surface area (Å²) in [6.45, 7) is 0.0119. The van der Waals surface area contributed by atoms with Crippen molar-refractivity contribution in [1.82, 2.24) is 5.32 Å². The van der Waals surface area contributed by atoms with Crippen LogP contribution in [-0.4, -0.2) is 42.3 Å². The van der Waals surface area contributed by atoms with E-state index in [2.05, 4.69) is 5.32 Å². The molecule has 0 spiro atoms. The smallest absolute Gasteiger partial charge is 0.272 e. The molecule has 0 aliphatic heterocycles. The number of rotatable bonds is 7. The Morgan fingerprint density at radius 3 is 2.80 bits per heavy atom. The summed E-state index contributed by atoms with van der Waals surface area (Å²) in [6, 6.07) is 2.32. The molecular weight excluding hydrogens is 271 g/mol. The fourth-order valence-electron chi connectivity index (χ4n) is 1.62. The number of carbonyl (C=O) groups is 1. The fraction of sp³-hybridized carbons (Fsp3) is 0.417. The maximum atomic E-state index is 13.6. The average Bonchev–Trinajstić information content (AvgIpc) is 2.38. The van der Waals surface area contributed by atoms with Crippen molar-refractivity contribution in [1.29, 1.82) is 0 Å². The van der Waals surface area contributed by atoms with Crippen LogP contribution < -0.4 is 5.32 Å². The Hall–Kier alpha value is -2.06. The van der Waals surface area contributed by atoms with Gasteiger partial charge >= 0.3 is 0 Å². The van der Waals surface area contributed by atoms with Gasteiger partial charge in [-0.2, -0.15) is 0 Å². The summed E-state index contributed by atoms with van der Waals surface area (Å²) in [5.74, 6) is -1.69. The van der Waals surface area contributed by atoms with Crippen LogP contribution in [0.1, 0.15) is 16.8 Å². The van der Waals surface area contributed by atoms with Gasteiger partial charge in [-0.3, -0.25) is 14.9 Å². The van der Waals surface area contributed by atoms with Gasteiger partial charge in [-0.25, -0.2) is 4.39 Å². The molecular formula is C12H15FN2O5. The number of methoxy groups -OCH3 is 1. The number of nitrogens with one attached hydrogen (secondary N) is 1. The Morgan fingerprint density at radius 1 is 1.60 bits per heavy atom. The van der Waals surface area contributed by atoms with Crippen molar-refractivity contribution in [2.24, 2.45) is 0 Å². The van der Waals surface area contributed by atoms with Gasteiger partial charge in [0.1, 0.15) is 5.82 Å². The van der Waals surface area contributed by atoms with Gasteiger partial charge in [0.05, 0.1) is 29.2 Å². The van der Waals surface area contributed by atoms with Crippen LogP contribution >= 0.6 is 0 Å². The molecule has 1 unspecified atom stereocenters. The molecule has 1 atom stereocenters. The summed E-state index contributed by atoms with van der Waals surface area (Å²) in [7, 11) is 1.43. The minimum atomic E-state index is -0.975. The van der Waals surface area contributed by atoms with Crippen molar-refractivity contribution in [3.05, 3.63) is 39.7 Å². The van der Waals surface area contributed by atoms with Gasteiger partial charge in [-0.05, 0) is 12.5 Å².